The van der Waals surface area contributed by atoms with Gasteiger partial charge in [-0.2, -0.15) is 0 Å². The Morgan fingerprint density at radius 1 is 0.885 bits per heavy atom. The molecule has 26 heavy (non-hydrogen) atoms. The summed E-state index contributed by atoms with van der Waals surface area (Å²) in [6.45, 7) is 0.765. The van der Waals surface area contributed by atoms with Gasteiger partial charge in [-0.3, -0.25) is 4.79 Å². The van der Waals surface area contributed by atoms with Crippen molar-refractivity contribution in [3.8, 4) is 0 Å². The molecule has 4 nitrogen and oxygen atoms in total. The molecule has 1 N–H and O–H groups in total. The third kappa shape index (κ3) is 2.13. The minimum atomic E-state index is -1.02. The number of nitrogens with one attached hydrogen (secondary N) is 1. The topological polar surface area (TPSA) is 69.2 Å². The van der Waals surface area contributed by atoms with E-state index in [2.05, 4.69) is 17.5 Å². The fourth-order valence-electron chi connectivity index (χ4n) is 8.45. The number of carbonyl (C=O) groups is 2. The average molecular weight is 354 g/mol. The second kappa shape index (κ2) is 5.14. The first-order chi connectivity index (χ1) is 12.5. The quantitative estimate of drug-likeness (QED) is 0.782. The average Bonchev–Trinajstić information content (AvgIpc) is 3.40. The standard InChI is InChI=1S/C22H29NO3/c24-20(18-14-1-2-15(17-6-16(14)17)19(18)21(25)26)23-10-22-7-11-3-12(8-22)5-13(4-11)9-22/h1-2,11-19H,3-10H2,(H,23,24)(H,25,26)/p-1/t11?,12?,13?,14-,15+,16+,17-,18+,19+,22?/m0/s1. The highest BCUT2D eigenvalue weighted by molar-refractivity contribution is 5.86. The first kappa shape index (κ1) is 15.7. The Hall–Kier alpha value is -1.32. The summed E-state index contributed by atoms with van der Waals surface area (Å²) in [4.78, 5) is 24.9. The molecule has 0 aromatic carbocycles. The summed E-state index contributed by atoms with van der Waals surface area (Å²) in [6.07, 6.45) is 13.3. The largest absolute Gasteiger partial charge is 0.550 e. The van der Waals surface area contributed by atoms with E-state index in [1.807, 2.05) is 0 Å². The van der Waals surface area contributed by atoms with Crippen molar-refractivity contribution >= 4 is 11.9 Å². The minimum absolute atomic E-state index is 0.0142. The van der Waals surface area contributed by atoms with Crippen LogP contribution >= 0.6 is 0 Å². The van der Waals surface area contributed by atoms with Crippen LogP contribution in [-0.2, 0) is 9.59 Å². The van der Waals surface area contributed by atoms with Crippen molar-refractivity contribution < 1.29 is 14.7 Å². The van der Waals surface area contributed by atoms with E-state index in [-0.39, 0.29) is 17.7 Å². The van der Waals surface area contributed by atoms with Crippen molar-refractivity contribution in [2.45, 2.75) is 44.9 Å². The van der Waals surface area contributed by atoms with Crippen molar-refractivity contribution in [2.24, 2.45) is 58.7 Å². The van der Waals surface area contributed by atoms with Gasteiger partial charge in [0.2, 0.25) is 5.91 Å². The van der Waals surface area contributed by atoms with E-state index in [9.17, 15) is 14.7 Å². The third-order valence-corrected chi connectivity index (χ3v) is 9.03. The molecule has 6 atom stereocenters. The van der Waals surface area contributed by atoms with Gasteiger partial charge in [-0.05, 0) is 91.8 Å². The van der Waals surface area contributed by atoms with Crippen LogP contribution in [0.15, 0.2) is 12.2 Å². The molecule has 6 bridgehead atoms. The Morgan fingerprint density at radius 2 is 1.42 bits per heavy atom. The number of aliphatic carboxylic acids is 1. The lowest BCUT2D eigenvalue weighted by Gasteiger charge is -2.57. The van der Waals surface area contributed by atoms with E-state index in [4.69, 9.17) is 0 Å². The summed E-state index contributed by atoms with van der Waals surface area (Å²) in [7, 11) is 0. The number of hydrogen-bond donors (Lipinski definition) is 1. The Kier molecular flexibility index (Phi) is 3.11. The molecule has 0 saturated heterocycles. The summed E-state index contributed by atoms with van der Waals surface area (Å²) >= 11 is 0. The molecule has 0 aromatic heterocycles. The lowest BCUT2D eigenvalue weighted by molar-refractivity contribution is -0.316. The van der Waals surface area contributed by atoms with Gasteiger partial charge in [0.1, 0.15) is 0 Å². The molecule has 0 unspecified atom stereocenters. The van der Waals surface area contributed by atoms with Gasteiger partial charge < -0.3 is 15.2 Å². The van der Waals surface area contributed by atoms with Crippen LogP contribution in [0.1, 0.15) is 44.9 Å². The molecule has 1 amide bonds. The summed E-state index contributed by atoms with van der Waals surface area (Å²) in [5, 5.41) is 15.1. The number of amides is 1. The van der Waals surface area contributed by atoms with Crippen LogP contribution in [0.25, 0.3) is 0 Å². The molecule has 0 radical (unpaired) electrons. The van der Waals surface area contributed by atoms with Crippen molar-refractivity contribution in [3.05, 3.63) is 12.2 Å². The normalized spacial score (nSPS) is 54.8. The van der Waals surface area contributed by atoms with Gasteiger partial charge in [0, 0.05) is 18.4 Å². The van der Waals surface area contributed by atoms with E-state index < -0.39 is 17.8 Å². The van der Waals surface area contributed by atoms with Gasteiger partial charge in [0.15, 0.2) is 0 Å². The molecule has 8 aliphatic carbocycles. The highest BCUT2D eigenvalue weighted by Crippen LogP contribution is 2.64. The summed E-state index contributed by atoms with van der Waals surface area (Å²) < 4.78 is 0. The Labute approximate surface area is 154 Å². The number of carboxylic acid groups (broad SMARTS) is 1. The molecule has 0 aliphatic heterocycles. The van der Waals surface area contributed by atoms with E-state index in [0.29, 0.717) is 17.3 Å². The predicted molar refractivity (Wildman–Crippen MR) is 93.3 cm³/mol. The maximum absolute atomic E-state index is 13.1. The SMILES string of the molecule is O=C([O-])[C@@H]1[C@@H]2C=C[C@@H]([C@H]3C[C@@H]23)[C@H]1C(=O)NCC12CC3CC(CC(C3)C1)C2. The first-order valence-electron chi connectivity index (χ1n) is 10.7. The lowest BCUT2D eigenvalue weighted by atomic mass is 9.49. The third-order valence-electron chi connectivity index (χ3n) is 9.03. The molecule has 140 valence electrons. The van der Waals surface area contributed by atoms with Crippen LogP contribution in [0.3, 0.4) is 0 Å². The lowest BCUT2D eigenvalue weighted by Crippen LogP contribution is -2.56. The number of carbonyl (C=O) groups excluding carboxylic acids is 2. The molecule has 4 heteroatoms. The first-order valence-corrected chi connectivity index (χ1v) is 10.7. The summed E-state index contributed by atoms with van der Waals surface area (Å²) in [5.74, 6) is 1.70. The Bertz CT molecular complexity index is 662. The fraction of sp³-hybridized carbons (Fsp3) is 0.818. The smallest absolute Gasteiger partial charge is 0.224 e. The van der Waals surface area contributed by atoms with Gasteiger partial charge in [-0.25, -0.2) is 0 Å². The van der Waals surface area contributed by atoms with Crippen molar-refractivity contribution in [3.63, 3.8) is 0 Å². The molecule has 6 saturated carbocycles. The van der Waals surface area contributed by atoms with Crippen LogP contribution in [0.5, 0.6) is 0 Å². The van der Waals surface area contributed by atoms with E-state index in [1.165, 1.54) is 38.5 Å². The minimum Gasteiger partial charge on any atom is -0.550 e. The van der Waals surface area contributed by atoms with Gasteiger partial charge >= 0.3 is 0 Å². The van der Waals surface area contributed by atoms with Crippen LogP contribution in [0, 0.1) is 58.7 Å². The van der Waals surface area contributed by atoms with Crippen molar-refractivity contribution in [1.29, 1.82) is 0 Å². The van der Waals surface area contributed by atoms with E-state index >= 15 is 0 Å². The van der Waals surface area contributed by atoms with Crippen LogP contribution in [-0.4, -0.2) is 18.4 Å². The van der Waals surface area contributed by atoms with Crippen LogP contribution < -0.4 is 10.4 Å². The van der Waals surface area contributed by atoms with Gasteiger partial charge in [0.05, 0.1) is 5.92 Å². The highest BCUT2D eigenvalue weighted by atomic mass is 16.4. The maximum Gasteiger partial charge on any atom is 0.224 e. The highest BCUT2D eigenvalue weighted by Gasteiger charge is 2.61. The zero-order valence-electron chi connectivity index (χ0n) is 15.2. The zero-order valence-corrected chi connectivity index (χ0v) is 15.2. The maximum atomic E-state index is 13.1. The van der Waals surface area contributed by atoms with Crippen molar-refractivity contribution in [2.75, 3.05) is 6.54 Å². The fourth-order valence-corrected chi connectivity index (χ4v) is 8.45. The van der Waals surface area contributed by atoms with E-state index in [0.717, 1.165) is 30.7 Å². The number of rotatable bonds is 4. The molecule has 8 aliphatic rings. The summed E-state index contributed by atoms with van der Waals surface area (Å²) in [5.41, 5.74) is 0.299. The van der Waals surface area contributed by atoms with E-state index in [1.54, 1.807) is 0 Å². The molecule has 0 heterocycles. The monoisotopic (exact) mass is 354 g/mol. The zero-order chi connectivity index (χ0) is 17.6. The van der Waals surface area contributed by atoms with Crippen LogP contribution in [0.4, 0.5) is 0 Å². The molecule has 6 fully saturated rings. The number of allylic oxidation sites excluding steroid dienone is 2. The number of hydrogen-bond acceptors (Lipinski definition) is 3. The van der Waals surface area contributed by atoms with Crippen LogP contribution in [0.2, 0.25) is 0 Å². The second-order valence-corrected chi connectivity index (χ2v) is 10.6. The van der Waals surface area contributed by atoms with Crippen molar-refractivity contribution in [1.82, 2.24) is 5.32 Å². The van der Waals surface area contributed by atoms with Gasteiger partial charge in [-0.1, -0.05) is 12.2 Å². The number of carboxylic acids is 1. The second-order valence-electron chi connectivity index (χ2n) is 10.6. The molecular weight excluding hydrogens is 326 g/mol. The van der Waals surface area contributed by atoms with Gasteiger partial charge in [0.25, 0.3) is 0 Å². The predicted octanol–water partition coefficient (Wildman–Crippen LogP) is 1.75. The van der Waals surface area contributed by atoms with Gasteiger partial charge in [-0.15, -0.1) is 0 Å². The number of fused-ring (bicyclic) bond motifs is 1. The Balaban J connectivity index is 1.19. The molecule has 8 rings (SSSR count). The summed E-state index contributed by atoms with van der Waals surface area (Å²) in [6, 6.07) is 0. The Morgan fingerprint density at radius 3 is 1.96 bits per heavy atom. The molecular formula is C22H28NO3-. The molecule has 0 aromatic rings. The molecule has 0 spiro atoms.